The molecule has 7 heteroatoms. The molecule has 31 heavy (non-hydrogen) atoms. The van der Waals surface area contributed by atoms with Crippen molar-refractivity contribution in [2.45, 2.75) is 65.8 Å². The summed E-state index contributed by atoms with van der Waals surface area (Å²) < 4.78 is 2.06. The number of aryl methyl sites for hydroxylation is 3. The highest BCUT2D eigenvalue weighted by molar-refractivity contribution is 5.79. The van der Waals surface area contributed by atoms with Crippen LogP contribution in [0.5, 0.6) is 0 Å². The number of nitrogens with zero attached hydrogens (tertiary/aromatic N) is 4. The Balaban J connectivity index is 1.44. The highest BCUT2D eigenvalue weighted by Crippen LogP contribution is 2.14. The Morgan fingerprint density at radius 3 is 2.48 bits per heavy atom. The van der Waals surface area contributed by atoms with Crippen LogP contribution < -0.4 is 10.6 Å². The highest BCUT2D eigenvalue weighted by Gasteiger charge is 2.16. The van der Waals surface area contributed by atoms with Gasteiger partial charge in [-0.15, -0.1) is 0 Å². The van der Waals surface area contributed by atoms with E-state index in [0.29, 0.717) is 6.54 Å². The minimum absolute atomic E-state index is 0.116. The second-order valence-electron chi connectivity index (χ2n) is 8.45. The van der Waals surface area contributed by atoms with Gasteiger partial charge in [-0.2, -0.15) is 5.10 Å². The van der Waals surface area contributed by atoms with Crippen molar-refractivity contribution < 1.29 is 5.11 Å². The summed E-state index contributed by atoms with van der Waals surface area (Å²) in [6.45, 7) is 12.4. The lowest BCUT2D eigenvalue weighted by molar-refractivity contribution is 0.0792. The number of guanidine groups is 1. The third kappa shape index (κ3) is 7.67. The fourth-order valence-electron chi connectivity index (χ4n) is 3.93. The van der Waals surface area contributed by atoms with Gasteiger partial charge in [0, 0.05) is 45.0 Å². The largest absolute Gasteiger partial charge is 0.393 e. The van der Waals surface area contributed by atoms with E-state index in [0.717, 1.165) is 70.2 Å². The van der Waals surface area contributed by atoms with Crippen molar-refractivity contribution in [2.75, 3.05) is 26.2 Å². The molecule has 1 aliphatic rings. The summed E-state index contributed by atoms with van der Waals surface area (Å²) in [5.74, 6) is 0.854. The molecule has 3 N–H and O–H groups in total. The lowest BCUT2D eigenvalue weighted by atomic mass is 10.1. The molecule has 2 aromatic rings. The first kappa shape index (κ1) is 23.3. The molecule has 1 saturated heterocycles. The van der Waals surface area contributed by atoms with Crippen LogP contribution in [0.4, 0.5) is 0 Å². The van der Waals surface area contributed by atoms with E-state index in [1.807, 2.05) is 6.92 Å². The molecule has 3 rings (SSSR count). The zero-order valence-electron chi connectivity index (χ0n) is 19.3. The number of likely N-dealkylation sites (tertiary alicyclic amines) is 1. The smallest absolute Gasteiger partial charge is 0.191 e. The summed E-state index contributed by atoms with van der Waals surface area (Å²) in [6.07, 6.45) is 2.65. The normalized spacial score (nSPS) is 15.9. The van der Waals surface area contributed by atoms with Crippen LogP contribution in [0.25, 0.3) is 0 Å². The van der Waals surface area contributed by atoms with Crippen molar-refractivity contribution in [3.8, 4) is 0 Å². The number of aliphatic hydroxyl groups is 1. The van der Waals surface area contributed by atoms with Gasteiger partial charge in [-0.05, 0) is 57.2 Å². The van der Waals surface area contributed by atoms with Crippen LogP contribution in [0.1, 0.15) is 48.7 Å². The van der Waals surface area contributed by atoms with Crippen LogP contribution in [0.15, 0.2) is 35.3 Å². The second kappa shape index (κ2) is 11.9. The summed E-state index contributed by atoms with van der Waals surface area (Å²) in [7, 11) is 0. The highest BCUT2D eigenvalue weighted by atomic mass is 16.3. The van der Waals surface area contributed by atoms with Crippen molar-refractivity contribution in [1.82, 2.24) is 25.3 Å². The average molecular weight is 427 g/mol. The Morgan fingerprint density at radius 2 is 1.84 bits per heavy atom. The summed E-state index contributed by atoms with van der Waals surface area (Å²) in [5.41, 5.74) is 4.80. The number of aromatic nitrogens is 2. The molecule has 0 amide bonds. The Hall–Kier alpha value is -2.38. The quantitative estimate of drug-likeness (QED) is 0.326. The fraction of sp³-hybridized carbons (Fsp3) is 0.583. The lowest BCUT2D eigenvalue weighted by Crippen LogP contribution is -2.38. The first-order valence-electron chi connectivity index (χ1n) is 11.5. The molecule has 1 aliphatic heterocycles. The molecule has 1 aromatic carbocycles. The van der Waals surface area contributed by atoms with Gasteiger partial charge in [0.1, 0.15) is 0 Å². The molecule has 0 unspecified atom stereocenters. The molecular weight excluding hydrogens is 388 g/mol. The number of benzene rings is 1. The van der Waals surface area contributed by atoms with Crippen molar-refractivity contribution in [3.05, 3.63) is 52.8 Å². The van der Waals surface area contributed by atoms with Gasteiger partial charge in [-0.25, -0.2) is 4.99 Å². The van der Waals surface area contributed by atoms with E-state index in [1.165, 1.54) is 16.8 Å². The van der Waals surface area contributed by atoms with Crippen molar-refractivity contribution in [1.29, 1.82) is 0 Å². The predicted molar refractivity (Wildman–Crippen MR) is 126 cm³/mol. The molecule has 0 spiro atoms. The van der Waals surface area contributed by atoms with E-state index >= 15 is 0 Å². The number of nitrogens with one attached hydrogen (secondary N) is 2. The lowest BCUT2D eigenvalue weighted by Gasteiger charge is -2.29. The third-order valence-electron chi connectivity index (χ3n) is 5.69. The van der Waals surface area contributed by atoms with E-state index in [9.17, 15) is 5.11 Å². The van der Waals surface area contributed by atoms with E-state index < -0.39 is 0 Å². The number of piperidine rings is 1. The Bertz CT molecular complexity index is 821. The van der Waals surface area contributed by atoms with E-state index in [2.05, 4.69) is 69.5 Å². The Morgan fingerprint density at radius 1 is 1.13 bits per heavy atom. The minimum Gasteiger partial charge on any atom is -0.393 e. The topological polar surface area (TPSA) is 77.7 Å². The van der Waals surface area contributed by atoms with Crippen molar-refractivity contribution in [2.24, 2.45) is 4.99 Å². The molecule has 0 radical (unpaired) electrons. The summed E-state index contributed by atoms with van der Waals surface area (Å²) in [5, 5.41) is 20.9. The summed E-state index contributed by atoms with van der Waals surface area (Å²) in [4.78, 5) is 7.15. The van der Waals surface area contributed by atoms with E-state index in [4.69, 9.17) is 4.99 Å². The summed E-state index contributed by atoms with van der Waals surface area (Å²) in [6, 6.07) is 10.9. The predicted octanol–water partition coefficient (Wildman–Crippen LogP) is 2.60. The van der Waals surface area contributed by atoms with Gasteiger partial charge >= 0.3 is 0 Å². The zero-order valence-corrected chi connectivity index (χ0v) is 19.3. The third-order valence-corrected chi connectivity index (χ3v) is 5.69. The van der Waals surface area contributed by atoms with Crippen LogP contribution in [-0.4, -0.2) is 58.0 Å². The van der Waals surface area contributed by atoms with Gasteiger partial charge in [-0.1, -0.05) is 24.3 Å². The minimum atomic E-state index is -0.116. The number of aliphatic imine (C=N–C) groups is 1. The standard InChI is InChI=1S/C24H38N6O/c1-4-25-24(26-12-5-13-30-20(3)16-19(2)28-30)27-17-21-6-8-22(9-7-21)18-29-14-10-23(31)11-15-29/h6-9,16,23,31H,4-5,10-15,17-18H2,1-3H3,(H2,25,26,27). The maximum absolute atomic E-state index is 9.65. The SMILES string of the molecule is CCNC(=NCc1ccc(CN2CCC(O)CC2)cc1)NCCCn1nc(C)cc1C. The van der Waals surface area contributed by atoms with Crippen molar-refractivity contribution >= 4 is 5.96 Å². The van der Waals surface area contributed by atoms with Crippen LogP contribution in [0.3, 0.4) is 0 Å². The van der Waals surface area contributed by atoms with Crippen LogP contribution in [-0.2, 0) is 19.6 Å². The van der Waals surface area contributed by atoms with Gasteiger partial charge in [0.05, 0.1) is 18.3 Å². The molecule has 0 atom stereocenters. The first-order chi connectivity index (χ1) is 15.0. The number of hydrogen-bond donors (Lipinski definition) is 3. The van der Waals surface area contributed by atoms with E-state index in [1.54, 1.807) is 0 Å². The molecule has 1 fully saturated rings. The molecule has 7 nitrogen and oxygen atoms in total. The van der Waals surface area contributed by atoms with Crippen molar-refractivity contribution in [3.63, 3.8) is 0 Å². The number of aliphatic hydroxyl groups excluding tert-OH is 1. The summed E-state index contributed by atoms with van der Waals surface area (Å²) >= 11 is 0. The molecule has 0 aliphatic carbocycles. The second-order valence-corrected chi connectivity index (χ2v) is 8.45. The molecular formula is C24H38N6O. The molecule has 0 saturated carbocycles. The van der Waals surface area contributed by atoms with Gasteiger partial charge in [0.15, 0.2) is 5.96 Å². The molecule has 2 heterocycles. The average Bonchev–Trinajstić information content (AvgIpc) is 3.09. The first-order valence-corrected chi connectivity index (χ1v) is 11.5. The maximum atomic E-state index is 9.65. The van der Waals surface area contributed by atoms with Gasteiger partial charge in [-0.3, -0.25) is 9.58 Å². The zero-order chi connectivity index (χ0) is 22.1. The van der Waals surface area contributed by atoms with Gasteiger partial charge < -0.3 is 15.7 Å². The number of hydrogen-bond acceptors (Lipinski definition) is 4. The van der Waals surface area contributed by atoms with Gasteiger partial charge in [0.25, 0.3) is 0 Å². The number of rotatable bonds is 9. The Labute approximate surface area is 186 Å². The monoisotopic (exact) mass is 426 g/mol. The van der Waals surface area contributed by atoms with Crippen LogP contribution in [0, 0.1) is 13.8 Å². The Kier molecular flexibility index (Phi) is 8.91. The maximum Gasteiger partial charge on any atom is 0.191 e. The van der Waals surface area contributed by atoms with Crippen LogP contribution >= 0.6 is 0 Å². The van der Waals surface area contributed by atoms with Gasteiger partial charge in [0.2, 0.25) is 0 Å². The molecule has 0 bridgehead atoms. The molecule has 1 aromatic heterocycles. The van der Waals surface area contributed by atoms with E-state index in [-0.39, 0.29) is 6.10 Å². The molecule has 170 valence electrons. The fourth-order valence-corrected chi connectivity index (χ4v) is 3.93. The van der Waals surface area contributed by atoms with Crippen LogP contribution in [0.2, 0.25) is 0 Å².